The minimum Gasteiger partial charge on any atom is -0.488 e. The van der Waals surface area contributed by atoms with Gasteiger partial charge >= 0.3 is 11.9 Å². The first kappa shape index (κ1) is 40.5. The Labute approximate surface area is 299 Å². The molecule has 0 fully saturated rings. The van der Waals surface area contributed by atoms with Gasteiger partial charge in [-0.05, 0) is 24.7 Å². The van der Waals surface area contributed by atoms with Gasteiger partial charge in [0.1, 0.15) is 24.7 Å². The minimum absolute atomic E-state index is 0.0907. The third-order valence-electron chi connectivity index (χ3n) is 8.96. The molecule has 3 aromatic rings. The average molecular weight is 691 g/mol. The lowest BCUT2D eigenvalue weighted by Gasteiger charge is -2.23. The molecule has 0 amide bonds. The molecule has 0 aromatic heterocycles. The Morgan fingerprint density at radius 1 is 0.580 bits per heavy atom. The van der Waals surface area contributed by atoms with E-state index in [2.05, 4.69) is 40.9 Å². The molecule has 0 bridgehead atoms. The van der Waals surface area contributed by atoms with Crippen molar-refractivity contribution in [2.75, 3.05) is 39.6 Å². The van der Waals surface area contributed by atoms with Crippen LogP contribution in [0.25, 0.3) is 21.5 Å². The SMILES string of the molecule is C=CC(=O)OC(COCC(CC)CCCC)COc1c2ccccc2c(OCC(COCC(CC)CCCC)OC(=O)C=C)c2ccccc12. The Bertz CT molecular complexity index is 1320. The number of benzene rings is 3. The zero-order valence-electron chi connectivity index (χ0n) is 30.7. The molecule has 8 nitrogen and oxygen atoms in total. The monoisotopic (exact) mass is 690 g/mol. The number of unbranched alkanes of at least 4 members (excludes halogenated alkanes) is 2. The van der Waals surface area contributed by atoms with Gasteiger partial charge in [0.05, 0.1) is 13.2 Å². The molecule has 0 saturated heterocycles. The summed E-state index contributed by atoms with van der Waals surface area (Å²) in [6, 6.07) is 15.7. The van der Waals surface area contributed by atoms with E-state index in [9.17, 15) is 9.59 Å². The summed E-state index contributed by atoms with van der Waals surface area (Å²) in [5.41, 5.74) is 0. The van der Waals surface area contributed by atoms with Crippen molar-refractivity contribution in [3.63, 3.8) is 0 Å². The van der Waals surface area contributed by atoms with Crippen molar-refractivity contribution in [3.05, 3.63) is 73.8 Å². The van der Waals surface area contributed by atoms with Crippen LogP contribution >= 0.6 is 0 Å². The molecule has 0 N–H and O–H groups in total. The zero-order valence-corrected chi connectivity index (χ0v) is 30.7. The van der Waals surface area contributed by atoms with Gasteiger partial charge in [0.15, 0.2) is 12.2 Å². The Morgan fingerprint density at radius 2 is 0.940 bits per heavy atom. The van der Waals surface area contributed by atoms with E-state index >= 15 is 0 Å². The van der Waals surface area contributed by atoms with Crippen molar-refractivity contribution in [1.29, 1.82) is 0 Å². The van der Waals surface area contributed by atoms with E-state index in [0.29, 0.717) is 36.5 Å². The maximum Gasteiger partial charge on any atom is 0.330 e. The second-order valence-corrected chi connectivity index (χ2v) is 12.8. The zero-order chi connectivity index (χ0) is 36.1. The first-order valence-corrected chi connectivity index (χ1v) is 18.4. The van der Waals surface area contributed by atoms with Crippen LogP contribution < -0.4 is 9.47 Å². The summed E-state index contributed by atoms with van der Waals surface area (Å²) in [5, 5.41) is 3.33. The van der Waals surface area contributed by atoms with Crippen LogP contribution in [0.1, 0.15) is 79.1 Å². The highest BCUT2D eigenvalue weighted by molar-refractivity contribution is 6.11. The molecular weight excluding hydrogens is 632 g/mol. The summed E-state index contributed by atoms with van der Waals surface area (Å²) in [4.78, 5) is 24.5. The van der Waals surface area contributed by atoms with Gasteiger partial charge in [-0.2, -0.15) is 0 Å². The molecule has 3 aromatic carbocycles. The van der Waals surface area contributed by atoms with Crippen LogP contribution in [0.2, 0.25) is 0 Å². The molecule has 0 spiro atoms. The van der Waals surface area contributed by atoms with Gasteiger partial charge in [0.2, 0.25) is 0 Å². The van der Waals surface area contributed by atoms with Gasteiger partial charge in [0.25, 0.3) is 0 Å². The fourth-order valence-electron chi connectivity index (χ4n) is 5.90. The lowest BCUT2D eigenvalue weighted by Crippen LogP contribution is -2.30. The van der Waals surface area contributed by atoms with Gasteiger partial charge < -0.3 is 28.4 Å². The highest BCUT2D eigenvalue weighted by Gasteiger charge is 2.22. The summed E-state index contributed by atoms with van der Waals surface area (Å²) in [5.74, 6) is 1.15. The molecule has 0 saturated carbocycles. The molecule has 274 valence electrons. The van der Waals surface area contributed by atoms with Crippen LogP contribution in [-0.2, 0) is 28.5 Å². The average Bonchev–Trinajstić information content (AvgIpc) is 3.14. The maximum absolute atomic E-state index is 12.3. The van der Waals surface area contributed by atoms with E-state index in [0.717, 1.165) is 85.1 Å². The minimum atomic E-state index is -0.632. The molecule has 0 aliphatic rings. The Hall–Kier alpha value is -3.88. The lowest BCUT2D eigenvalue weighted by molar-refractivity contribution is -0.149. The summed E-state index contributed by atoms with van der Waals surface area (Å²) < 4.78 is 36.4. The van der Waals surface area contributed by atoms with Crippen LogP contribution in [-0.4, -0.2) is 63.8 Å². The van der Waals surface area contributed by atoms with Crippen LogP contribution in [0, 0.1) is 11.8 Å². The van der Waals surface area contributed by atoms with Crippen molar-refractivity contribution in [3.8, 4) is 11.5 Å². The predicted molar refractivity (Wildman–Crippen MR) is 201 cm³/mol. The van der Waals surface area contributed by atoms with Gasteiger partial charge in [-0.1, -0.05) is 128 Å². The summed E-state index contributed by atoms with van der Waals surface area (Å²) in [7, 11) is 0. The van der Waals surface area contributed by atoms with Crippen molar-refractivity contribution < 1.29 is 38.0 Å². The number of hydrogen-bond acceptors (Lipinski definition) is 8. The first-order valence-electron chi connectivity index (χ1n) is 18.4. The van der Waals surface area contributed by atoms with Gasteiger partial charge in [-0.3, -0.25) is 0 Å². The third kappa shape index (κ3) is 12.8. The second kappa shape index (κ2) is 22.8. The topological polar surface area (TPSA) is 89.5 Å². The number of carbonyl (C=O) groups excluding carboxylic acids is 2. The Morgan fingerprint density at radius 3 is 1.24 bits per heavy atom. The number of esters is 2. The first-order chi connectivity index (χ1) is 24.4. The van der Waals surface area contributed by atoms with Crippen LogP contribution in [0.5, 0.6) is 11.5 Å². The molecule has 0 heterocycles. The molecule has 0 aliphatic heterocycles. The van der Waals surface area contributed by atoms with E-state index in [-0.39, 0.29) is 26.4 Å². The van der Waals surface area contributed by atoms with Crippen molar-refractivity contribution in [1.82, 2.24) is 0 Å². The maximum atomic E-state index is 12.3. The van der Waals surface area contributed by atoms with Gasteiger partial charge in [-0.15, -0.1) is 0 Å². The number of rotatable bonds is 26. The lowest BCUT2D eigenvalue weighted by atomic mass is 10.0. The standard InChI is InChI=1S/C42H58O8/c1-7-13-19-31(9-3)25-45-27-33(49-39(43)11-5)29-47-41-35-21-15-17-23-37(35)42(38-24-18-16-22-36(38)41)48-30-34(50-40(44)12-6)28-46-26-32(10-4)20-14-8-2/h11-12,15-18,21-24,31-34H,5-10,13-14,19-20,25-30H2,1-4H3. The van der Waals surface area contributed by atoms with Crippen molar-refractivity contribution in [2.24, 2.45) is 11.8 Å². The molecule has 0 aliphatic carbocycles. The molecule has 4 unspecified atom stereocenters. The number of ether oxygens (including phenoxy) is 6. The second-order valence-electron chi connectivity index (χ2n) is 12.8. The number of fused-ring (bicyclic) bond motifs is 2. The van der Waals surface area contributed by atoms with Crippen LogP contribution in [0.3, 0.4) is 0 Å². The predicted octanol–water partition coefficient (Wildman–Crippen LogP) is 9.41. The molecule has 50 heavy (non-hydrogen) atoms. The normalized spacial score (nSPS) is 13.7. The van der Waals surface area contributed by atoms with E-state index in [4.69, 9.17) is 28.4 Å². The third-order valence-corrected chi connectivity index (χ3v) is 8.96. The largest absolute Gasteiger partial charge is 0.488 e. The molecule has 8 heteroatoms. The van der Waals surface area contributed by atoms with Crippen molar-refractivity contribution >= 4 is 33.5 Å². The summed E-state index contributed by atoms with van der Waals surface area (Å²) in [6.45, 7) is 17.6. The highest BCUT2D eigenvalue weighted by atomic mass is 16.6. The molecular formula is C42H58O8. The van der Waals surface area contributed by atoms with E-state index in [1.807, 2.05) is 48.5 Å². The summed E-state index contributed by atoms with van der Waals surface area (Å²) in [6.07, 6.45) is 9.92. The fourth-order valence-corrected chi connectivity index (χ4v) is 5.90. The van der Waals surface area contributed by atoms with Gasteiger partial charge in [0, 0.05) is 46.9 Å². The van der Waals surface area contributed by atoms with E-state index < -0.39 is 24.1 Å². The molecule has 4 atom stereocenters. The summed E-state index contributed by atoms with van der Waals surface area (Å²) >= 11 is 0. The van der Waals surface area contributed by atoms with E-state index in [1.165, 1.54) is 0 Å². The fraction of sp³-hybridized carbons (Fsp3) is 0.524. The molecule has 0 radical (unpaired) electrons. The number of hydrogen-bond donors (Lipinski definition) is 0. The Balaban J connectivity index is 1.84. The smallest absolute Gasteiger partial charge is 0.330 e. The van der Waals surface area contributed by atoms with E-state index in [1.54, 1.807) is 0 Å². The quantitative estimate of drug-likeness (QED) is 0.0468. The van der Waals surface area contributed by atoms with Gasteiger partial charge in [-0.25, -0.2) is 9.59 Å². The van der Waals surface area contributed by atoms with Crippen LogP contribution in [0.4, 0.5) is 0 Å². The van der Waals surface area contributed by atoms with Crippen molar-refractivity contribution in [2.45, 2.75) is 91.3 Å². The number of carbonyl (C=O) groups is 2. The Kier molecular flexibility index (Phi) is 18.5. The molecule has 3 rings (SSSR count). The highest BCUT2D eigenvalue weighted by Crippen LogP contribution is 2.43. The van der Waals surface area contributed by atoms with Crippen LogP contribution in [0.15, 0.2) is 73.8 Å².